The van der Waals surface area contributed by atoms with Gasteiger partial charge in [-0.05, 0) is 37.4 Å². The van der Waals surface area contributed by atoms with Gasteiger partial charge < -0.3 is 10.2 Å². The van der Waals surface area contributed by atoms with E-state index in [0.717, 1.165) is 31.6 Å². The number of likely N-dealkylation sites (tertiary alicyclic amines) is 1. The predicted octanol–water partition coefficient (Wildman–Crippen LogP) is 2.42. The number of carbonyl (C=O) groups excluding carboxylic acids is 2. The highest BCUT2D eigenvalue weighted by atomic mass is 16.2. The van der Waals surface area contributed by atoms with E-state index in [-0.39, 0.29) is 17.7 Å². The molecule has 0 saturated carbocycles. The minimum absolute atomic E-state index is 0.00848. The van der Waals surface area contributed by atoms with E-state index in [0.29, 0.717) is 32.0 Å². The predicted molar refractivity (Wildman–Crippen MR) is 106 cm³/mol. The summed E-state index contributed by atoms with van der Waals surface area (Å²) in [6, 6.07) is 11.6. The lowest BCUT2D eigenvalue weighted by atomic mass is 9.97. The van der Waals surface area contributed by atoms with E-state index < -0.39 is 0 Å². The van der Waals surface area contributed by atoms with Crippen molar-refractivity contribution in [2.75, 3.05) is 37.6 Å². The summed E-state index contributed by atoms with van der Waals surface area (Å²) in [5.41, 5.74) is 0.829. The van der Waals surface area contributed by atoms with Gasteiger partial charge in [0.25, 0.3) is 0 Å². The Labute approximate surface area is 162 Å². The lowest BCUT2D eigenvalue weighted by molar-refractivity contribution is -0.124. The van der Waals surface area contributed by atoms with E-state index in [1.807, 2.05) is 44.2 Å². The van der Waals surface area contributed by atoms with Gasteiger partial charge in [-0.25, -0.2) is 0 Å². The van der Waals surface area contributed by atoms with Crippen molar-refractivity contribution in [2.45, 2.75) is 33.1 Å². The fourth-order valence-electron chi connectivity index (χ4n) is 3.35. The zero-order valence-corrected chi connectivity index (χ0v) is 16.4. The Morgan fingerprint density at radius 2 is 2.07 bits per heavy atom. The van der Waals surface area contributed by atoms with Gasteiger partial charge in [0.15, 0.2) is 0 Å². The van der Waals surface area contributed by atoms with E-state index in [2.05, 4.69) is 16.3 Å². The van der Waals surface area contributed by atoms with Gasteiger partial charge in [-0.15, -0.1) is 0 Å². The molecule has 0 bridgehead atoms. The van der Waals surface area contributed by atoms with Crippen LogP contribution in [0.15, 0.2) is 30.3 Å². The maximum absolute atomic E-state index is 12.9. The SMILES string of the molecule is CC(C)C(=O)NCC1CCCN(CC(=O)N(CCC#N)c2ccccc2)C1. The van der Waals surface area contributed by atoms with Crippen LogP contribution in [0.5, 0.6) is 0 Å². The molecule has 1 fully saturated rings. The average Bonchev–Trinajstić information content (AvgIpc) is 2.67. The summed E-state index contributed by atoms with van der Waals surface area (Å²) in [7, 11) is 0. The molecule has 1 atom stereocenters. The number of rotatable bonds is 8. The molecule has 0 aromatic heterocycles. The van der Waals surface area contributed by atoms with Crippen LogP contribution in [-0.2, 0) is 9.59 Å². The van der Waals surface area contributed by atoms with Crippen LogP contribution in [-0.4, -0.2) is 49.4 Å². The lowest BCUT2D eigenvalue weighted by Crippen LogP contribution is -2.46. The summed E-state index contributed by atoms with van der Waals surface area (Å²) in [5.74, 6) is 0.461. The molecule has 1 saturated heterocycles. The topological polar surface area (TPSA) is 76.4 Å². The van der Waals surface area contributed by atoms with Crippen LogP contribution in [0.3, 0.4) is 0 Å². The molecule has 1 aromatic rings. The Hall–Kier alpha value is -2.39. The zero-order valence-electron chi connectivity index (χ0n) is 16.4. The number of piperidine rings is 1. The van der Waals surface area contributed by atoms with E-state index in [1.165, 1.54) is 0 Å². The number of para-hydroxylation sites is 1. The molecule has 146 valence electrons. The summed E-state index contributed by atoms with van der Waals surface area (Å²) in [4.78, 5) is 28.5. The molecular formula is C21H30N4O2. The number of hydrogen-bond donors (Lipinski definition) is 1. The number of hydrogen-bond acceptors (Lipinski definition) is 4. The Morgan fingerprint density at radius 1 is 1.33 bits per heavy atom. The molecule has 1 N–H and O–H groups in total. The minimum atomic E-state index is -0.00848. The highest BCUT2D eigenvalue weighted by molar-refractivity contribution is 5.94. The van der Waals surface area contributed by atoms with Gasteiger partial charge >= 0.3 is 0 Å². The molecular weight excluding hydrogens is 340 g/mol. The molecule has 0 radical (unpaired) electrons. The van der Waals surface area contributed by atoms with Crippen molar-refractivity contribution in [3.63, 3.8) is 0 Å². The van der Waals surface area contributed by atoms with Gasteiger partial charge in [0, 0.05) is 31.2 Å². The Balaban J connectivity index is 1.92. The molecule has 0 spiro atoms. The summed E-state index contributed by atoms with van der Waals surface area (Å²) < 4.78 is 0. The quantitative estimate of drug-likeness (QED) is 0.762. The second-order valence-corrected chi connectivity index (χ2v) is 7.43. The van der Waals surface area contributed by atoms with Gasteiger partial charge in [-0.3, -0.25) is 14.5 Å². The van der Waals surface area contributed by atoms with E-state index in [9.17, 15) is 9.59 Å². The van der Waals surface area contributed by atoms with Gasteiger partial charge in [0.05, 0.1) is 19.0 Å². The van der Waals surface area contributed by atoms with Crippen LogP contribution in [0.25, 0.3) is 0 Å². The Morgan fingerprint density at radius 3 is 2.74 bits per heavy atom. The zero-order chi connectivity index (χ0) is 19.6. The number of nitriles is 1. The van der Waals surface area contributed by atoms with Gasteiger partial charge in [-0.1, -0.05) is 32.0 Å². The van der Waals surface area contributed by atoms with Crippen molar-refractivity contribution < 1.29 is 9.59 Å². The van der Waals surface area contributed by atoms with Gasteiger partial charge in [0.1, 0.15) is 0 Å². The molecule has 1 heterocycles. The first-order valence-corrected chi connectivity index (χ1v) is 9.73. The lowest BCUT2D eigenvalue weighted by Gasteiger charge is -2.34. The summed E-state index contributed by atoms with van der Waals surface area (Å²) in [5, 5.41) is 11.9. The molecule has 2 amide bonds. The number of nitrogens with zero attached hydrogens (tertiary/aromatic N) is 3. The van der Waals surface area contributed by atoms with Crippen molar-refractivity contribution in [1.29, 1.82) is 5.26 Å². The second kappa shape index (κ2) is 10.7. The van der Waals surface area contributed by atoms with E-state index >= 15 is 0 Å². The number of nitrogens with one attached hydrogen (secondary N) is 1. The number of anilines is 1. The van der Waals surface area contributed by atoms with Crippen molar-refractivity contribution in [1.82, 2.24) is 10.2 Å². The minimum Gasteiger partial charge on any atom is -0.356 e. The smallest absolute Gasteiger partial charge is 0.241 e. The third-order valence-electron chi connectivity index (χ3n) is 4.87. The molecule has 27 heavy (non-hydrogen) atoms. The standard InChI is InChI=1S/C21H30N4O2/c1-17(2)21(27)23-14-18-8-6-12-24(15-18)16-20(26)25(13-7-11-22)19-9-4-3-5-10-19/h3-5,9-10,17-18H,6-8,12-16H2,1-2H3,(H,23,27). The van der Waals surface area contributed by atoms with Crippen molar-refractivity contribution in [3.8, 4) is 6.07 Å². The first-order chi connectivity index (χ1) is 13.0. The third-order valence-corrected chi connectivity index (χ3v) is 4.87. The van der Waals surface area contributed by atoms with Crippen LogP contribution in [0.1, 0.15) is 33.1 Å². The molecule has 6 nitrogen and oxygen atoms in total. The van der Waals surface area contributed by atoms with Crippen LogP contribution in [0, 0.1) is 23.2 Å². The van der Waals surface area contributed by atoms with E-state index in [4.69, 9.17) is 5.26 Å². The fourth-order valence-corrected chi connectivity index (χ4v) is 3.35. The average molecular weight is 370 g/mol. The molecule has 1 aromatic carbocycles. The van der Waals surface area contributed by atoms with E-state index in [1.54, 1.807) is 4.90 Å². The van der Waals surface area contributed by atoms with Crippen molar-refractivity contribution in [3.05, 3.63) is 30.3 Å². The number of amides is 2. The van der Waals surface area contributed by atoms with Crippen LogP contribution < -0.4 is 10.2 Å². The molecule has 2 rings (SSSR count). The first-order valence-electron chi connectivity index (χ1n) is 9.73. The highest BCUT2D eigenvalue weighted by Crippen LogP contribution is 2.18. The van der Waals surface area contributed by atoms with Gasteiger partial charge in [-0.2, -0.15) is 5.26 Å². The molecule has 0 aliphatic carbocycles. The largest absolute Gasteiger partial charge is 0.356 e. The summed E-state index contributed by atoms with van der Waals surface area (Å²) >= 11 is 0. The third kappa shape index (κ3) is 6.69. The number of benzene rings is 1. The first kappa shape index (κ1) is 20.9. The maximum atomic E-state index is 12.9. The highest BCUT2D eigenvalue weighted by Gasteiger charge is 2.24. The molecule has 1 aliphatic heterocycles. The Kier molecular flexibility index (Phi) is 8.28. The summed E-state index contributed by atoms with van der Waals surface area (Å²) in [6.07, 6.45) is 2.41. The summed E-state index contributed by atoms with van der Waals surface area (Å²) in [6.45, 7) is 6.89. The molecule has 1 aliphatic rings. The van der Waals surface area contributed by atoms with Crippen molar-refractivity contribution in [2.24, 2.45) is 11.8 Å². The fraction of sp³-hybridized carbons (Fsp3) is 0.571. The second-order valence-electron chi connectivity index (χ2n) is 7.43. The maximum Gasteiger partial charge on any atom is 0.241 e. The Bertz CT molecular complexity index is 654. The van der Waals surface area contributed by atoms with Crippen molar-refractivity contribution >= 4 is 17.5 Å². The molecule has 1 unspecified atom stereocenters. The van der Waals surface area contributed by atoms with Crippen LogP contribution >= 0.6 is 0 Å². The monoisotopic (exact) mass is 370 g/mol. The van der Waals surface area contributed by atoms with Crippen LogP contribution in [0.4, 0.5) is 5.69 Å². The number of carbonyl (C=O) groups is 2. The normalized spacial score (nSPS) is 17.3. The molecule has 6 heteroatoms. The van der Waals surface area contributed by atoms with Crippen LogP contribution in [0.2, 0.25) is 0 Å². The van der Waals surface area contributed by atoms with Gasteiger partial charge in [0.2, 0.25) is 11.8 Å².